The molecule has 17 heavy (non-hydrogen) atoms. The lowest BCUT2D eigenvalue weighted by molar-refractivity contribution is -0.119. The van der Waals surface area contributed by atoms with Crippen molar-refractivity contribution in [3.8, 4) is 0 Å². The Morgan fingerprint density at radius 2 is 2.41 bits per heavy atom. The molecule has 0 spiro atoms. The van der Waals surface area contributed by atoms with Crippen LogP contribution in [0.5, 0.6) is 0 Å². The van der Waals surface area contributed by atoms with Crippen LogP contribution < -0.4 is 10.6 Å². The van der Waals surface area contributed by atoms with Crippen LogP contribution in [-0.4, -0.2) is 33.6 Å². The number of amides is 1. The zero-order valence-corrected chi connectivity index (χ0v) is 10.9. The summed E-state index contributed by atoms with van der Waals surface area (Å²) in [5, 5.41) is 9.75. The number of nitrogens with one attached hydrogen (secondary N) is 2. The first-order valence-electron chi connectivity index (χ1n) is 5.22. The number of fused-ring (bicyclic) bond motifs is 1. The highest BCUT2D eigenvalue weighted by Gasteiger charge is 2.06. The van der Waals surface area contributed by atoms with Gasteiger partial charge in [0.25, 0.3) is 0 Å². The molecule has 0 unspecified atom stereocenters. The minimum atomic E-state index is -0.0783. The molecule has 0 aromatic carbocycles. The number of pyridine rings is 1. The summed E-state index contributed by atoms with van der Waals surface area (Å²) in [5.41, 5.74) is 0.714. The number of rotatable bonds is 4. The lowest BCUT2D eigenvalue weighted by Crippen LogP contribution is -2.29. The van der Waals surface area contributed by atoms with Crippen LogP contribution in [0.3, 0.4) is 0 Å². The maximum absolute atomic E-state index is 11.3. The maximum atomic E-state index is 11.3. The van der Waals surface area contributed by atoms with E-state index in [0.29, 0.717) is 18.1 Å². The lowest BCUT2D eigenvalue weighted by Gasteiger charge is -2.01. The normalized spacial score (nSPS) is 10.5. The Balaban J connectivity index is 2.10. The fraction of sp³-hybridized carbons (Fsp3) is 0.300. The second-order valence-electron chi connectivity index (χ2n) is 3.37. The number of nitrogens with zero attached hydrogens (tertiary/aromatic N) is 3. The number of hydrogen-bond acceptors (Lipinski definition) is 4. The average Bonchev–Trinajstić information content (AvgIpc) is 2.71. The molecule has 2 heterocycles. The molecule has 2 rings (SSSR count). The summed E-state index contributed by atoms with van der Waals surface area (Å²) < 4.78 is 2.50. The smallest absolute Gasteiger partial charge is 0.243 e. The zero-order chi connectivity index (χ0) is 12.3. The third-order valence-corrected chi connectivity index (χ3v) is 2.71. The first-order valence-corrected chi connectivity index (χ1v) is 6.01. The Kier molecular flexibility index (Phi) is 3.58. The van der Waals surface area contributed by atoms with Crippen molar-refractivity contribution in [3.63, 3.8) is 0 Å². The third-order valence-electron chi connectivity index (χ3n) is 2.10. The number of halogens is 1. The van der Waals surface area contributed by atoms with Crippen LogP contribution >= 0.6 is 15.9 Å². The van der Waals surface area contributed by atoms with Crippen molar-refractivity contribution in [2.24, 2.45) is 0 Å². The molecule has 0 aliphatic carbocycles. The Bertz CT molecular complexity index is 538. The molecule has 0 saturated heterocycles. The molecule has 0 saturated carbocycles. The zero-order valence-electron chi connectivity index (χ0n) is 9.27. The second kappa shape index (κ2) is 5.13. The van der Waals surface area contributed by atoms with E-state index in [0.717, 1.165) is 4.47 Å². The Labute approximate surface area is 107 Å². The molecular formula is C10H12BrN5O. The number of carbonyl (C=O) groups is 1. The van der Waals surface area contributed by atoms with Crippen LogP contribution in [0.1, 0.15) is 6.92 Å². The predicted molar refractivity (Wildman–Crippen MR) is 67.9 cm³/mol. The number of hydrogen-bond donors (Lipinski definition) is 2. The summed E-state index contributed by atoms with van der Waals surface area (Å²) in [7, 11) is 0. The molecule has 6 nitrogen and oxygen atoms in total. The molecule has 0 aliphatic heterocycles. The largest absolute Gasteiger partial charge is 0.355 e. The van der Waals surface area contributed by atoms with Gasteiger partial charge >= 0.3 is 0 Å². The van der Waals surface area contributed by atoms with E-state index < -0.39 is 0 Å². The monoisotopic (exact) mass is 297 g/mol. The van der Waals surface area contributed by atoms with Crippen LogP contribution in [0.4, 0.5) is 5.95 Å². The summed E-state index contributed by atoms with van der Waals surface area (Å²) in [6, 6.07) is 3.75. The van der Waals surface area contributed by atoms with Crippen molar-refractivity contribution in [3.05, 3.63) is 22.8 Å². The second-order valence-corrected chi connectivity index (χ2v) is 4.22. The van der Waals surface area contributed by atoms with Gasteiger partial charge in [-0.3, -0.25) is 4.79 Å². The number of carbonyl (C=O) groups excluding carboxylic acids is 1. The molecule has 0 fully saturated rings. The highest BCUT2D eigenvalue weighted by atomic mass is 79.9. The summed E-state index contributed by atoms with van der Waals surface area (Å²) in [5.74, 6) is 0.355. The Morgan fingerprint density at radius 3 is 3.12 bits per heavy atom. The molecule has 0 radical (unpaired) electrons. The molecule has 2 N–H and O–H groups in total. The van der Waals surface area contributed by atoms with Crippen molar-refractivity contribution in [1.82, 2.24) is 19.9 Å². The summed E-state index contributed by atoms with van der Waals surface area (Å²) >= 11 is 3.38. The van der Waals surface area contributed by atoms with Gasteiger partial charge in [0.2, 0.25) is 11.9 Å². The van der Waals surface area contributed by atoms with Gasteiger partial charge in [0.05, 0.1) is 11.0 Å². The van der Waals surface area contributed by atoms with Crippen LogP contribution in [0.15, 0.2) is 22.8 Å². The highest BCUT2D eigenvalue weighted by molar-refractivity contribution is 9.10. The molecule has 0 bridgehead atoms. The SMILES string of the molecule is CCNC(=O)CNc1nc2c(Br)cccn2n1. The number of anilines is 1. The van der Waals surface area contributed by atoms with Crippen molar-refractivity contribution in [2.45, 2.75) is 6.92 Å². The van der Waals surface area contributed by atoms with Crippen LogP contribution in [-0.2, 0) is 4.79 Å². The van der Waals surface area contributed by atoms with Crippen molar-refractivity contribution in [1.29, 1.82) is 0 Å². The summed E-state index contributed by atoms with van der Waals surface area (Å²) in [6.07, 6.45) is 1.80. The van der Waals surface area contributed by atoms with Gasteiger partial charge in [0.15, 0.2) is 5.65 Å². The molecule has 7 heteroatoms. The fourth-order valence-corrected chi connectivity index (χ4v) is 1.79. The van der Waals surface area contributed by atoms with Gasteiger partial charge in [0, 0.05) is 12.7 Å². The fourth-order valence-electron chi connectivity index (χ4n) is 1.37. The van der Waals surface area contributed by atoms with E-state index in [1.165, 1.54) is 0 Å². The standard InChI is InChI=1S/C10H12BrN5O/c1-2-12-8(17)6-13-10-14-9-7(11)4-3-5-16(9)15-10/h3-5H,2,6H2,1H3,(H,12,17)(H,13,15). The van der Waals surface area contributed by atoms with Gasteiger partial charge in [0.1, 0.15) is 0 Å². The first kappa shape index (κ1) is 11.8. The summed E-state index contributed by atoms with van der Waals surface area (Å²) in [4.78, 5) is 15.5. The highest BCUT2D eigenvalue weighted by Crippen LogP contribution is 2.16. The molecule has 90 valence electrons. The van der Waals surface area contributed by atoms with Gasteiger partial charge in [-0.15, -0.1) is 5.10 Å². The van der Waals surface area contributed by atoms with E-state index in [4.69, 9.17) is 0 Å². The van der Waals surface area contributed by atoms with Crippen LogP contribution in [0.25, 0.3) is 5.65 Å². The molecule has 1 amide bonds. The lowest BCUT2D eigenvalue weighted by atomic mass is 10.5. The molecule has 0 atom stereocenters. The Morgan fingerprint density at radius 1 is 1.59 bits per heavy atom. The van der Waals surface area contributed by atoms with Gasteiger partial charge in [-0.2, -0.15) is 4.98 Å². The van der Waals surface area contributed by atoms with Crippen LogP contribution in [0.2, 0.25) is 0 Å². The van der Waals surface area contributed by atoms with E-state index in [1.807, 2.05) is 19.1 Å². The molecule has 0 aliphatic rings. The quantitative estimate of drug-likeness (QED) is 0.885. The predicted octanol–water partition coefficient (Wildman–Crippen LogP) is 1.04. The van der Waals surface area contributed by atoms with Crippen molar-refractivity contribution in [2.75, 3.05) is 18.4 Å². The van der Waals surface area contributed by atoms with Crippen molar-refractivity contribution >= 4 is 33.4 Å². The van der Waals surface area contributed by atoms with Gasteiger partial charge in [-0.1, -0.05) is 0 Å². The Hall–Kier alpha value is -1.63. The molecular weight excluding hydrogens is 286 g/mol. The average molecular weight is 298 g/mol. The van der Waals surface area contributed by atoms with Gasteiger partial charge in [-0.25, -0.2) is 4.52 Å². The molecule has 2 aromatic rings. The number of likely N-dealkylation sites (N-methyl/N-ethyl adjacent to an activating group) is 1. The summed E-state index contributed by atoms with van der Waals surface area (Å²) in [6.45, 7) is 2.66. The van der Waals surface area contributed by atoms with E-state index >= 15 is 0 Å². The van der Waals surface area contributed by atoms with Crippen molar-refractivity contribution < 1.29 is 4.79 Å². The topological polar surface area (TPSA) is 71.3 Å². The van der Waals surface area contributed by atoms with E-state index in [-0.39, 0.29) is 12.5 Å². The van der Waals surface area contributed by atoms with Gasteiger partial charge < -0.3 is 10.6 Å². The van der Waals surface area contributed by atoms with E-state index in [9.17, 15) is 4.79 Å². The third kappa shape index (κ3) is 2.73. The minimum absolute atomic E-state index is 0.0783. The minimum Gasteiger partial charge on any atom is -0.355 e. The first-order chi connectivity index (χ1) is 8.20. The maximum Gasteiger partial charge on any atom is 0.243 e. The van der Waals surface area contributed by atoms with E-state index in [1.54, 1.807) is 10.7 Å². The van der Waals surface area contributed by atoms with Crippen LogP contribution in [0, 0.1) is 0 Å². The molecule has 2 aromatic heterocycles. The van der Waals surface area contributed by atoms with Gasteiger partial charge in [-0.05, 0) is 35.0 Å². The van der Waals surface area contributed by atoms with E-state index in [2.05, 4.69) is 36.6 Å². The number of aromatic nitrogens is 3.